The SMILES string of the molecule is Cc1cccc2cc(CN(CCCO)S(=O)(=O)c3ccc(Cl)cc3)c(=O)[nH]c12. The van der Waals surface area contributed by atoms with Crippen molar-refractivity contribution in [2.45, 2.75) is 24.8 Å². The van der Waals surface area contributed by atoms with Crippen LogP contribution in [-0.2, 0) is 16.6 Å². The van der Waals surface area contributed by atoms with Crippen LogP contribution in [0.3, 0.4) is 0 Å². The highest BCUT2D eigenvalue weighted by molar-refractivity contribution is 7.89. The Morgan fingerprint density at radius 3 is 2.54 bits per heavy atom. The van der Waals surface area contributed by atoms with Crippen molar-refractivity contribution in [1.82, 2.24) is 9.29 Å². The Labute approximate surface area is 168 Å². The van der Waals surface area contributed by atoms with Crippen LogP contribution < -0.4 is 5.56 Å². The molecule has 2 aromatic carbocycles. The molecule has 28 heavy (non-hydrogen) atoms. The molecule has 0 bridgehead atoms. The quantitative estimate of drug-likeness (QED) is 0.614. The van der Waals surface area contributed by atoms with Gasteiger partial charge in [-0.15, -0.1) is 0 Å². The number of aliphatic hydroxyl groups is 1. The van der Waals surface area contributed by atoms with E-state index in [2.05, 4.69) is 4.98 Å². The standard InChI is InChI=1S/C20H21ClN2O4S/c1-14-4-2-5-15-12-16(20(25)22-19(14)15)13-23(10-3-11-24)28(26,27)18-8-6-17(21)7-9-18/h2,4-9,12,24H,3,10-11,13H2,1H3,(H,22,25). The Balaban J connectivity index is 2.01. The molecule has 0 amide bonds. The highest BCUT2D eigenvalue weighted by atomic mass is 35.5. The normalized spacial score (nSPS) is 12.0. The van der Waals surface area contributed by atoms with E-state index in [-0.39, 0.29) is 36.6 Å². The molecule has 148 valence electrons. The smallest absolute Gasteiger partial charge is 0.252 e. The molecule has 1 aromatic heterocycles. The number of rotatable bonds is 7. The maximum atomic E-state index is 13.1. The van der Waals surface area contributed by atoms with Crippen LogP contribution >= 0.6 is 11.6 Å². The summed E-state index contributed by atoms with van der Waals surface area (Å²) in [4.78, 5) is 15.5. The van der Waals surface area contributed by atoms with E-state index in [4.69, 9.17) is 11.6 Å². The van der Waals surface area contributed by atoms with Gasteiger partial charge in [0.15, 0.2) is 0 Å². The number of aromatic amines is 1. The van der Waals surface area contributed by atoms with Gasteiger partial charge in [-0.05, 0) is 54.6 Å². The number of pyridine rings is 1. The topological polar surface area (TPSA) is 90.5 Å². The van der Waals surface area contributed by atoms with Gasteiger partial charge in [0.2, 0.25) is 10.0 Å². The molecule has 0 fully saturated rings. The van der Waals surface area contributed by atoms with E-state index in [9.17, 15) is 18.3 Å². The van der Waals surface area contributed by atoms with Crippen molar-refractivity contribution in [3.63, 3.8) is 0 Å². The second kappa shape index (κ2) is 8.45. The first-order valence-electron chi connectivity index (χ1n) is 8.81. The summed E-state index contributed by atoms with van der Waals surface area (Å²) in [5.41, 5.74) is 1.68. The van der Waals surface area contributed by atoms with E-state index < -0.39 is 10.0 Å². The van der Waals surface area contributed by atoms with Gasteiger partial charge < -0.3 is 10.1 Å². The molecule has 1 heterocycles. The number of para-hydroxylation sites is 1. The van der Waals surface area contributed by atoms with Crippen LogP contribution in [0.5, 0.6) is 0 Å². The van der Waals surface area contributed by atoms with Crippen LogP contribution in [0.25, 0.3) is 10.9 Å². The summed E-state index contributed by atoms with van der Waals surface area (Å²) < 4.78 is 27.4. The summed E-state index contributed by atoms with van der Waals surface area (Å²) in [6.45, 7) is 1.74. The Kier molecular flexibility index (Phi) is 6.20. The lowest BCUT2D eigenvalue weighted by atomic mass is 10.1. The number of hydrogen-bond acceptors (Lipinski definition) is 4. The Bertz CT molecular complexity index is 1140. The predicted molar refractivity (Wildman–Crippen MR) is 110 cm³/mol. The van der Waals surface area contributed by atoms with Crippen molar-refractivity contribution in [1.29, 1.82) is 0 Å². The highest BCUT2D eigenvalue weighted by Gasteiger charge is 2.25. The third kappa shape index (κ3) is 4.28. The number of sulfonamides is 1. The van der Waals surface area contributed by atoms with E-state index in [0.717, 1.165) is 16.5 Å². The second-order valence-corrected chi connectivity index (χ2v) is 8.91. The number of aryl methyl sites for hydroxylation is 1. The van der Waals surface area contributed by atoms with Gasteiger partial charge in [-0.2, -0.15) is 4.31 Å². The van der Waals surface area contributed by atoms with Crippen molar-refractivity contribution in [2.75, 3.05) is 13.2 Å². The molecule has 3 aromatic rings. The molecular weight excluding hydrogens is 400 g/mol. The van der Waals surface area contributed by atoms with Gasteiger partial charge in [-0.3, -0.25) is 4.79 Å². The number of H-pyrrole nitrogens is 1. The molecule has 0 radical (unpaired) electrons. The van der Waals surface area contributed by atoms with Crippen molar-refractivity contribution < 1.29 is 13.5 Å². The van der Waals surface area contributed by atoms with Crippen LogP contribution in [0.4, 0.5) is 0 Å². The van der Waals surface area contributed by atoms with E-state index in [1.165, 1.54) is 28.6 Å². The lowest BCUT2D eigenvalue weighted by Gasteiger charge is -2.22. The minimum Gasteiger partial charge on any atom is -0.396 e. The van der Waals surface area contributed by atoms with E-state index in [0.29, 0.717) is 10.6 Å². The number of nitrogens with one attached hydrogen (secondary N) is 1. The van der Waals surface area contributed by atoms with Crippen molar-refractivity contribution in [3.05, 3.63) is 75.0 Å². The number of hydrogen-bond donors (Lipinski definition) is 2. The third-order valence-corrected chi connectivity index (χ3v) is 6.64. The molecule has 0 atom stereocenters. The molecule has 0 saturated heterocycles. The lowest BCUT2D eigenvalue weighted by molar-refractivity contribution is 0.267. The molecule has 0 aliphatic heterocycles. The Hall–Kier alpha value is -2.19. The zero-order valence-electron chi connectivity index (χ0n) is 15.4. The maximum Gasteiger partial charge on any atom is 0.252 e. The Morgan fingerprint density at radius 2 is 1.86 bits per heavy atom. The van der Waals surface area contributed by atoms with Crippen LogP contribution in [0.1, 0.15) is 17.5 Å². The van der Waals surface area contributed by atoms with E-state index in [1.807, 2.05) is 25.1 Å². The monoisotopic (exact) mass is 420 g/mol. The number of fused-ring (bicyclic) bond motifs is 1. The minimum absolute atomic E-state index is 0.0860. The summed E-state index contributed by atoms with van der Waals surface area (Å²) in [7, 11) is -3.86. The first-order valence-corrected chi connectivity index (χ1v) is 10.6. The molecule has 0 aliphatic rings. The average Bonchev–Trinajstić information content (AvgIpc) is 2.66. The number of halogens is 1. The maximum absolute atomic E-state index is 13.1. The first kappa shape index (κ1) is 20.5. The first-order chi connectivity index (χ1) is 13.3. The van der Waals surface area contributed by atoms with Gasteiger partial charge in [-0.25, -0.2) is 8.42 Å². The summed E-state index contributed by atoms with van der Waals surface area (Å²) >= 11 is 5.86. The highest BCUT2D eigenvalue weighted by Crippen LogP contribution is 2.21. The molecular formula is C20H21ClN2O4S. The summed E-state index contributed by atoms with van der Waals surface area (Å²) in [6.07, 6.45) is 0.261. The molecule has 8 heteroatoms. The lowest BCUT2D eigenvalue weighted by Crippen LogP contribution is -2.34. The van der Waals surface area contributed by atoms with Gasteiger partial charge in [0, 0.05) is 30.3 Å². The number of aromatic nitrogens is 1. The average molecular weight is 421 g/mol. The predicted octanol–water partition coefficient (Wildman–Crippen LogP) is 3.06. The van der Waals surface area contributed by atoms with Crippen LogP contribution in [0.15, 0.2) is 58.2 Å². The van der Waals surface area contributed by atoms with E-state index in [1.54, 1.807) is 6.07 Å². The molecule has 0 saturated carbocycles. The number of benzene rings is 2. The van der Waals surface area contributed by atoms with Gasteiger partial charge in [0.25, 0.3) is 5.56 Å². The number of nitrogens with zero attached hydrogens (tertiary/aromatic N) is 1. The fourth-order valence-electron chi connectivity index (χ4n) is 3.02. The van der Waals surface area contributed by atoms with Crippen LogP contribution in [-0.4, -0.2) is 36.0 Å². The zero-order chi connectivity index (χ0) is 20.3. The molecule has 2 N–H and O–H groups in total. The van der Waals surface area contributed by atoms with E-state index >= 15 is 0 Å². The Morgan fingerprint density at radius 1 is 1.14 bits per heavy atom. The van der Waals surface area contributed by atoms with Gasteiger partial charge in [-0.1, -0.05) is 29.8 Å². The molecule has 3 rings (SSSR count). The molecule has 6 nitrogen and oxygen atoms in total. The molecule has 0 unspecified atom stereocenters. The van der Waals surface area contributed by atoms with Crippen molar-refractivity contribution in [2.24, 2.45) is 0 Å². The third-order valence-electron chi connectivity index (χ3n) is 4.53. The van der Waals surface area contributed by atoms with Crippen molar-refractivity contribution in [3.8, 4) is 0 Å². The van der Waals surface area contributed by atoms with Crippen LogP contribution in [0, 0.1) is 6.92 Å². The summed E-state index contributed by atoms with van der Waals surface area (Å²) in [5.74, 6) is 0. The molecule has 0 aliphatic carbocycles. The van der Waals surface area contributed by atoms with Crippen LogP contribution in [0.2, 0.25) is 5.02 Å². The van der Waals surface area contributed by atoms with Crippen molar-refractivity contribution >= 4 is 32.5 Å². The second-order valence-electron chi connectivity index (χ2n) is 6.53. The largest absolute Gasteiger partial charge is 0.396 e. The zero-order valence-corrected chi connectivity index (χ0v) is 16.9. The van der Waals surface area contributed by atoms with Gasteiger partial charge in [0.05, 0.1) is 10.4 Å². The number of aliphatic hydroxyl groups excluding tert-OH is 1. The fourth-order valence-corrected chi connectivity index (χ4v) is 4.61. The summed E-state index contributed by atoms with van der Waals surface area (Å²) in [6, 6.07) is 13.2. The minimum atomic E-state index is -3.86. The van der Waals surface area contributed by atoms with Gasteiger partial charge in [0.1, 0.15) is 0 Å². The van der Waals surface area contributed by atoms with Gasteiger partial charge >= 0.3 is 0 Å². The fraction of sp³-hybridized carbons (Fsp3) is 0.250. The summed E-state index contributed by atoms with van der Waals surface area (Å²) in [5, 5.41) is 10.4. The molecule has 0 spiro atoms.